The lowest BCUT2D eigenvalue weighted by molar-refractivity contribution is 0.0951. The van der Waals surface area contributed by atoms with Crippen LogP contribution in [0, 0.1) is 0 Å². The van der Waals surface area contributed by atoms with Crippen molar-refractivity contribution in [1.82, 2.24) is 10.3 Å². The van der Waals surface area contributed by atoms with Gasteiger partial charge in [-0.25, -0.2) is 4.98 Å². The van der Waals surface area contributed by atoms with Crippen LogP contribution >= 0.6 is 43.2 Å². The van der Waals surface area contributed by atoms with Crippen LogP contribution in [0.4, 0.5) is 5.82 Å². The highest BCUT2D eigenvalue weighted by molar-refractivity contribution is 9.11. The molecule has 106 valence electrons. The fourth-order valence-corrected chi connectivity index (χ4v) is 3.38. The Kier molecular flexibility index (Phi) is 5.56. The van der Waals surface area contributed by atoms with Crippen molar-refractivity contribution < 1.29 is 4.79 Å². The van der Waals surface area contributed by atoms with Crippen LogP contribution in [0.5, 0.6) is 0 Å². The normalized spacial score (nSPS) is 10.3. The number of carbonyl (C=O) groups is 1. The van der Waals surface area contributed by atoms with Crippen LogP contribution in [0.15, 0.2) is 32.7 Å². The van der Waals surface area contributed by atoms with Gasteiger partial charge in [0.25, 0.3) is 5.91 Å². The third-order valence-corrected chi connectivity index (χ3v) is 4.55. The summed E-state index contributed by atoms with van der Waals surface area (Å²) in [4.78, 5) is 17.6. The van der Waals surface area contributed by atoms with Crippen molar-refractivity contribution in [3.05, 3.63) is 43.1 Å². The zero-order valence-corrected chi connectivity index (χ0v) is 14.7. The summed E-state index contributed by atoms with van der Waals surface area (Å²) in [5.41, 5.74) is 0.539. The molecule has 1 amide bonds. The van der Waals surface area contributed by atoms with E-state index in [4.69, 9.17) is 0 Å². The van der Waals surface area contributed by atoms with Crippen molar-refractivity contribution in [2.75, 3.05) is 11.9 Å². The summed E-state index contributed by atoms with van der Waals surface area (Å²) < 4.78 is 1.84. The van der Waals surface area contributed by atoms with E-state index in [-0.39, 0.29) is 5.91 Å². The van der Waals surface area contributed by atoms with Gasteiger partial charge in [-0.05, 0) is 57.0 Å². The first-order valence-electron chi connectivity index (χ1n) is 6.02. The number of amides is 1. The molecule has 0 atom stereocenters. The van der Waals surface area contributed by atoms with Crippen LogP contribution in [-0.2, 0) is 6.54 Å². The van der Waals surface area contributed by atoms with E-state index in [1.165, 1.54) is 0 Å². The summed E-state index contributed by atoms with van der Waals surface area (Å²) in [5.74, 6) is 0.458. The Hall–Kier alpha value is -0.920. The molecule has 0 saturated heterocycles. The molecule has 4 nitrogen and oxygen atoms in total. The number of pyridine rings is 1. The number of halogens is 2. The number of anilines is 1. The second kappa shape index (κ2) is 7.19. The Morgan fingerprint density at radius 3 is 2.85 bits per heavy atom. The molecule has 7 heteroatoms. The number of hydrogen-bond donors (Lipinski definition) is 2. The fraction of sp³-hybridized carbons (Fsp3) is 0.231. The molecule has 0 radical (unpaired) electrons. The minimum atomic E-state index is -0.140. The molecule has 2 aromatic heterocycles. The Morgan fingerprint density at radius 2 is 2.20 bits per heavy atom. The van der Waals surface area contributed by atoms with Crippen molar-refractivity contribution in [2.45, 2.75) is 13.5 Å². The van der Waals surface area contributed by atoms with E-state index in [2.05, 4.69) is 47.5 Å². The first-order valence-corrected chi connectivity index (χ1v) is 8.42. The number of aromatic nitrogens is 1. The summed E-state index contributed by atoms with van der Waals surface area (Å²) in [5, 5.41) is 5.99. The van der Waals surface area contributed by atoms with Crippen molar-refractivity contribution >= 4 is 54.9 Å². The largest absolute Gasteiger partial charge is 0.370 e. The van der Waals surface area contributed by atoms with E-state index in [1.54, 1.807) is 23.6 Å². The summed E-state index contributed by atoms with van der Waals surface area (Å²) in [6, 6.07) is 5.72. The molecule has 0 fully saturated rings. The summed E-state index contributed by atoms with van der Waals surface area (Å²) in [6.07, 6.45) is 1.67. The molecule has 0 aliphatic heterocycles. The number of nitrogens with one attached hydrogen (secondary N) is 2. The Labute approximate surface area is 138 Å². The third-order valence-electron chi connectivity index (χ3n) is 2.50. The topological polar surface area (TPSA) is 54.0 Å². The summed E-state index contributed by atoms with van der Waals surface area (Å²) in [7, 11) is 0. The highest BCUT2D eigenvalue weighted by atomic mass is 79.9. The van der Waals surface area contributed by atoms with Crippen LogP contribution in [0.2, 0.25) is 0 Å². The molecule has 20 heavy (non-hydrogen) atoms. The lowest BCUT2D eigenvalue weighted by Crippen LogP contribution is -2.24. The van der Waals surface area contributed by atoms with Gasteiger partial charge < -0.3 is 10.6 Å². The molecule has 0 aliphatic rings. The van der Waals surface area contributed by atoms with Crippen molar-refractivity contribution in [3.8, 4) is 0 Å². The van der Waals surface area contributed by atoms with Crippen molar-refractivity contribution in [2.24, 2.45) is 0 Å². The molecular weight excluding hydrogens is 406 g/mol. The van der Waals surface area contributed by atoms with Crippen LogP contribution in [-0.4, -0.2) is 17.4 Å². The maximum Gasteiger partial charge on any atom is 0.255 e. The lowest BCUT2D eigenvalue weighted by atomic mass is 10.2. The molecule has 2 aromatic rings. The van der Waals surface area contributed by atoms with E-state index in [1.807, 2.05) is 19.1 Å². The van der Waals surface area contributed by atoms with Gasteiger partial charge in [-0.15, -0.1) is 11.3 Å². The molecule has 2 heterocycles. The quantitative estimate of drug-likeness (QED) is 0.770. The van der Waals surface area contributed by atoms with Gasteiger partial charge in [-0.3, -0.25) is 4.79 Å². The van der Waals surface area contributed by atoms with Crippen LogP contribution < -0.4 is 10.6 Å². The number of hydrogen-bond acceptors (Lipinski definition) is 4. The van der Waals surface area contributed by atoms with Crippen LogP contribution in [0.3, 0.4) is 0 Å². The molecule has 0 aromatic carbocycles. The molecular formula is C13H13Br2N3OS. The third kappa shape index (κ3) is 4.04. The van der Waals surface area contributed by atoms with Crippen LogP contribution in [0.1, 0.15) is 22.2 Å². The van der Waals surface area contributed by atoms with Gasteiger partial charge in [-0.1, -0.05) is 0 Å². The lowest BCUT2D eigenvalue weighted by Gasteiger charge is -2.10. The molecule has 0 aliphatic carbocycles. The predicted octanol–water partition coefficient (Wildman–Crippen LogP) is 4.03. The van der Waals surface area contributed by atoms with Gasteiger partial charge in [0.1, 0.15) is 5.82 Å². The van der Waals surface area contributed by atoms with E-state index in [0.717, 1.165) is 13.1 Å². The van der Waals surface area contributed by atoms with Crippen molar-refractivity contribution in [1.29, 1.82) is 0 Å². The average Bonchev–Trinajstić information content (AvgIpc) is 2.84. The number of rotatable bonds is 5. The highest BCUT2D eigenvalue weighted by Gasteiger charge is 2.13. The minimum absolute atomic E-state index is 0.140. The van der Waals surface area contributed by atoms with E-state index >= 15 is 0 Å². The average molecular weight is 419 g/mol. The summed E-state index contributed by atoms with van der Waals surface area (Å²) in [6.45, 7) is 3.19. The maximum absolute atomic E-state index is 12.3. The zero-order valence-electron chi connectivity index (χ0n) is 10.7. The zero-order chi connectivity index (χ0) is 14.5. The SMILES string of the molecule is CCNc1ncc(Br)cc1C(=O)NCc1ccc(Br)s1. The smallest absolute Gasteiger partial charge is 0.255 e. The molecule has 0 bridgehead atoms. The molecule has 2 rings (SSSR count). The second-order valence-corrected chi connectivity index (χ2v) is 7.43. The predicted molar refractivity (Wildman–Crippen MR) is 89.3 cm³/mol. The number of carbonyl (C=O) groups excluding carboxylic acids is 1. The van der Waals surface area contributed by atoms with Crippen LogP contribution in [0.25, 0.3) is 0 Å². The monoisotopic (exact) mass is 417 g/mol. The van der Waals surface area contributed by atoms with Gasteiger partial charge in [0.15, 0.2) is 0 Å². The Balaban J connectivity index is 2.09. The van der Waals surface area contributed by atoms with E-state index < -0.39 is 0 Å². The standard InChI is InChI=1S/C13H13Br2N3OS/c1-2-16-12-10(5-8(14)6-17-12)13(19)18-7-9-3-4-11(15)20-9/h3-6H,2,7H2,1H3,(H,16,17)(H,18,19). The van der Waals surface area contributed by atoms with Gasteiger partial charge in [0.2, 0.25) is 0 Å². The number of nitrogens with zero attached hydrogens (tertiary/aromatic N) is 1. The first kappa shape index (κ1) is 15.5. The van der Waals surface area contributed by atoms with E-state index in [0.29, 0.717) is 24.5 Å². The first-order chi connectivity index (χ1) is 9.60. The summed E-state index contributed by atoms with van der Waals surface area (Å²) >= 11 is 8.35. The van der Waals surface area contributed by atoms with Gasteiger partial charge in [0.05, 0.1) is 15.9 Å². The Morgan fingerprint density at radius 1 is 1.40 bits per heavy atom. The van der Waals surface area contributed by atoms with E-state index in [9.17, 15) is 4.79 Å². The highest BCUT2D eigenvalue weighted by Crippen LogP contribution is 2.22. The molecule has 0 spiro atoms. The van der Waals surface area contributed by atoms with Gasteiger partial charge in [0, 0.05) is 22.1 Å². The molecule has 0 unspecified atom stereocenters. The van der Waals surface area contributed by atoms with Gasteiger partial charge in [-0.2, -0.15) is 0 Å². The second-order valence-electron chi connectivity index (χ2n) is 3.97. The maximum atomic E-state index is 12.3. The van der Waals surface area contributed by atoms with Crippen molar-refractivity contribution in [3.63, 3.8) is 0 Å². The molecule has 2 N–H and O–H groups in total. The minimum Gasteiger partial charge on any atom is -0.370 e. The van der Waals surface area contributed by atoms with Gasteiger partial charge >= 0.3 is 0 Å². The fourth-order valence-electron chi connectivity index (χ4n) is 1.63. The molecule has 0 saturated carbocycles. The Bertz CT molecular complexity index is 615. The number of thiophene rings is 1.